The second-order valence-corrected chi connectivity index (χ2v) is 5.70. The second kappa shape index (κ2) is 8.08. The lowest BCUT2D eigenvalue weighted by Gasteiger charge is -2.14. The molecule has 1 aliphatic carbocycles. The number of hydrogen-bond acceptors (Lipinski definition) is 2. The summed E-state index contributed by atoms with van der Waals surface area (Å²) in [4.78, 5) is 11.7. The summed E-state index contributed by atoms with van der Waals surface area (Å²) in [5.74, 6) is 0.377. The summed E-state index contributed by atoms with van der Waals surface area (Å²) in [5, 5.41) is 5.29. The molecule has 7 heteroatoms. The lowest BCUT2D eigenvalue weighted by atomic mass is 10.0. The number of benzene rings is 1. The number of amides is 2. The summed E-state index contributed by atoms with van der Waals surface area (Å²) in [5.41, 5.74) is 0.274. The lowest BCUT2D eigenvalue weighted by molar-refractivity contribution is -0.274. The van der Waals surface area contributed by atoms with Gasteiger partial charge in [0.15, 0.2) is 0 Å². The molecule has 128 valence electrons. The van der Waals surface area contributed by atoms with Gasteiger partial charge in [-0.05, 0) is 18.4 Å². The molecular formula is C16H21F3N2O2. The van der Waals surface area contributed by atoms with Gasteiger partial charge in [-0.15, -0.1) is 13.2 Å². The van der Waals surface area contributed by atoms with Crippen LogP contribution >= 0.6 is 0 Å². The van der Waals surface area contributed by atoms with Crippen LogP contribution in [0.25, 0.3) is 0 Å². The molecule has 1 aromatic carbocycles. The highest BCUT2D eigenvalue weighted by Crippen LogP contribution is 2.27. The Balaban J connectivity index is 1.75. The number of alkyl halides is 3. The SMILES string of the molecule is O=C(NCCC1CCCC1)NCc1ccccc1OC(F)(F)F. The third kappa shape index (κ3) is 6.38. The fraction of sp³-hybridized carbons (Fsp3) is 0.562. The van der Waals surface area contributed by atoms with E-state index < -0.39 is 6.36 Å². The predicted molar refractivity (Wildman–Crippen MR) is 79.9 cm³/mol. The van der Waals surface area contributed by atoms with Crippen molar-refractivity contribution in [1.82, 2.24) is 10.6 Å². The molecule has 1 aliphatic rings. The molecule has 0 unspecified atom stereocenters. The maximum atomic E-state index is 12.3. The average Bonchev–Trinajstić information content (AvgIpc) is 2.98. The highest BCUT2D eigenvalue weighted by Gasteiger charge is 2.31. The van der Waals surface area contributed by atoms with Crippen molar-refractivity contribution >= 4 is 6.03 Å². The summed E-state index contributed by atoms with van der Waals surface area (Å²) in [6.45, 7) is 0.554. The van der Waals surface area contributed by atoms with Gasteiger partial charge in [0, 0.05) is 18.7 Å². The Morgan fingerprint density at radius 3 is 2.57 bits per heavy atom. The van der Waals surface area contributed by atoms with Crippen molar-refractivity contribution in [3.63, 3.8) is 0 Å². The second-order valence-electron chi connectivity index (χ2n) is 5.70. The molecule has 0 spiro atoms. The van der Waals surface area contributed by atoms with E-state index in [-0.39, 0.29) is 23.9 Å². The van der Waals surface area contributed by atoms with Crippen LogP contribution in [-0.2, 0) is 6.54 Å². The van der Waals surface area contributed by atoms with E-state index in [2.05, 4.69) is 15.4 Å². The maximum Gasteiger partial charge on any atom is 0.573 e. The summed E-state index contributed by atoms with van der Waals surface area (Å²) in [6, 6.07) is 5.37. The first-order chi connectivity index (χ1) is 10.9. The molecule has 4 nitrogen and oxygen atoms in total. The number of ether oxygens (including phenoxy) is 1. The summed E-state index contributed by atoms with van der Waals surface area (Å²) in [7, 11) is 0. The minimum absolute atomic E-state index is 0.0263. The third-order valence-electron chi connectivity index (χ3n) is 3.95. The highest BCUT2D eigenvalue weighted by atomic mass is 19.4. The van der Waals surface area contributed by atoms with Gasteiger partial charge in [-0.3, -0.25) is 0 Å². The van der Waals surface area contributed by atoms with E-state index in [0.717, 1.165) is 6.42 Å². The van der Waals surface area contributed by atoms with Crippen LogP contribution in [0.15, 0.2) is 24.3 Å². The van der Waals surface area contributed by atoms with Crippen molar-refractivity contribution in [2.75, 3.05) is 6.54 Å². The molecule has 0 aliphatic heterocycles. The topological polar surface area (TPSA) is 50.4 Å². The van der Waals surface area contributed by atoms with Gasteiger partial charge in [0.1, 0.15) is 5.75 Å². The molecule has 0 saturated heterocycles. The molecule has 1 fully saturated rings. The van der Waals surface area contributed by atoms with E-state index >= 15 is 0 Å². The van der Waals surface area contributed by atoms with Gasteiger partial charge in [-0.25, -0.2) is 4.79 Å². The number of urea groups is 1. The van der Waals surface area contributed by atoms with E-state index in [0.29, 0.717) is 12.5 Å². The molecule has 0 heterocycles. The molecule has 0 bridgehead atoms. The number of rotatable bonds is 6. The molecule has 0 atom stereocenters. The number of carbonyl (C=O) groups excluding carboxylic acids is 1. The van der Waals surface area contributed by atoms with Gasteiger partial charge in [-0.1, -0.05) is 43.9 Å². The smallest absolute Gasteiger partial charge is 0.405 e. The minimum Gasteiger partial charge on any atom is -0.405 e. The molecule has 1 saturated carbocycles. The molecule has 23 heavy (non-hydrogen) atoms. The van der Waals surface area contributed by atoms with Crippen molar-refractivity contribution in [2.24, 2.45) is 5.92 Å². The van der Waals surface area contributed by atoms with Gasteiger partial charge in [-0.2, -0.15) is 0 Å². The van der Waals surface area contributed by atoms with E-state index in [1.54, 1.807) is 6.07 Å². The maximum absolute atomic E-state index is 12.3. The first-order valence-electron chi connectivity index (χ1n) is 7.79. The quantitative estimate of drug-likeness (QED) is 0.829. The van der Waals surface area contributed by atoms with Crippen LogP contribution in [0, 0.1) is 5.92 Å². The van der Waals surface area contributed by atoms with Crippen LogP contribution in [0.1, 0.15) is 37.7 Å². The summed E-state index contributed by atoms with van der Waals surface area (Å²) < 4.78 is 40.9. The van der Waals surface area contributed by atoms with Crippen LogP contribution < -0.4 is 15.4 Å². The average molecular weight is 330 g/mol. The van der Waals surface area contributed by atoms with Gasteiger partial charge in [0.05, 0.1) is 0 Å². The fourth-order valence-corrected chi connectivity index (χ4v) is 2.80. The highest BCUT2D eigenvalue weighted by molar-refractivity contribution is 5.73. The van der Waals surface area contributed by atoms with Crippen LogP contribution in [0.3, 0.4) is 0 Å². The molecule has 2 rings (SSSR count). The Morgan fingerprint density at radius 1 is 1.17 bits per heavy atom. The van der Waals surface area contributed by atoms with Crippen molar-refractivity contribution < 1.29 is 22.7 Å². The Labute approximate surface area is 133 Å². The van der Waals surface area contributed by atoms with E-state index in [1.807, 2.05) is 0 Å². The van der Waals surface area contributed by atoms with Crippen molar-refractivity contribution in [3.05, 3.63) is 29.8 Å². The first kappa shape index (κ1) is 17.4. The number of para-hydroxylation sites is 1. The normalized spacial score (nSPS) is 15.4. The zero-order valence-corrected chi connectivity index (χ0v) is 12.8. The Hall–Kier alpha value is -1.92. The van der Waals surface area contributed by atoms with Crippen molar-refractivity contribution in [2.45, 2.75) is 45.0 Å². The summed E-state index contributed by atoms with van der Waals surface area (Å²) in [6.07, 6.45) is 1.14. The fourth-order valence-electron chi connectivity index (χ4n) is 2.80. The van der Waals surface area contributed by atoms with Crippen LogP contribution in [-0.4, -0.2) is 18.9 Å². The molecular weight excluding hydrogens is 309 g/mol. The van der Waals surface area contributed by atoms with Gasteiger partial charge in [0.25, 0.3) is 0 Å². The Morgan fingerprint density at radius 2 is 1.87 bits per heavy atom. The molecule has 0 radical (unpaired) electrons. The molecule has 2 amide bonds. The number of hydrogen-bond donors (Lipinski definition) is 2. The van der Waals surface area contributed by atoms with Crippen molar-refractivity contribution in [1.29, 1.82) is 0 Å². The van der Waals surface area contributed by atoms with Crippen LogP contribution in [0.2, 0.25) is 0 Å². The lowest BCUT2D eigenvalue weighted by Crippen LogP contribution is -2.36. The largest absolute Gasteiger partial charge is 0.573 e. The van der Waals surface area contributed by atoms with Gasteiger partial charge >= 0.3 is 12.4 Å². The molecule has 2 N–H and O–H groups in total. The monoisotopic (exact) mass is 330 g/mol. The van der Waals surface area contributed by atoms with Crippen LogP contribution in [0.4, 0.5) is 18.0 Å². The summed E-state index contributed by atoms with van der Waals surface area (Å²) >= 11 is 0. The molecule has 1 aromatic rings. The zero-order chi connectivity index (χ0) is 16.7. The van der Waals surface area contributed by atoms with Crippen molar-refractivity contribution in [3.8, 4) is 5.75 Å². The van der Waals surface area contributed by atoms with Gasteiger partial charge in [0.2, 0.25) is 0 Å². The van der Waals surface area contributed by atoms with E-state index in [9.17, 15) is 18.0 Å². The van der Waals surface area contributed by atoms with E-state index in [4.69, 9.17) is 0 Å². The predicted octanol–water partition coefficient (Wildman–Crippen LogP) is 3.96. The van der Waals surface area contributed by atoms with Gasteiger partial charge < -0.3 is 15.4 Å². The first-order valence-corrected chi connectivity index (χ1v) is 7.79. The number of halogens is 3. The third-order valence-corrected chi connectivity index (χ3v) is 3.95. The number of nitrogens with one attached hydrogen (secondary N) is 2. The number of carbonyl (C=O) groups is 1. The Bertz CT molecular complexity index is 514. The standard InChI is InChI=1S/C16H21F3N2O2/c17-16(18,19)23-14-8-4-3-7-13(14)11-21-15(22)20-10-9-12-5-1-2-6-12/h3-4,7-8,12H,1-2,5-6,9-11H2,(H2,20,21,22). The Kier molecular flexibility index (Phi) is 6.12. The van der Waals surface area contributed by atoms with E-state index in [1.165, 1.54) is 43.9 Å². The van der Waals surface area contributed by atoms with Crippen LogP contribution in [0.5, 0.6) is 5.75 Å². The minimum atomic E-state index is -4.75. The zero-order valence-electron chi connectivity index (χ0n) is 12.8. The molecule has 0 aromatic heterocycles.